The predicted molar refractivity (Wildman–Crippen MR) is 113 cm³/mol. The maximum absolute atomic E-state index is 12.9. The second kappa shape index (κ2) is 7.14. The predicted octanol–water partition coefficient (Wildman–Crippen LogP) is 3.48. The Morgan fingerprint density at radius 3 is 2.69 bits per heavy atom. The average Bonchev–Trinajstić information content (AvgIpc) is 3.02. The number of nitrogens with zero attached hydrogens (tertiary/aromatic N) is 2. The molecule has 8 nitrogen and oxygen atoms in total. The molecule has 3 heterocycles. The van der Waals surface area contributed by atoms with Crippen molar-refractivity contribution in [1.29, 1.82) is 5.26 Å². The number of ether oxygens (including phenoxy) is 2. The van der Waals surface area contributed by atoms with E-state index in [0.29, 0.717) is 62.3 Å². The van der Waals surface area contributed by atoms with Gasteiger partial charge in [-0.3, -0.25) is 4.79 Å². The molecule has 1 amide bonds. The molecule has 4 rings (SSSR count). The van der Waals surface area contributed by atoms with Gasteiger partial charge in [0.25, 0.3) is 5.91 Å². The van der Waals surface area contributed by atoms with E-state index in [1.165, 1.54) is 0 Å². The standard InChI is InChI=1S/C20H19N5O3S/c1-9(2)14-11(8-21)18(23)25-20-15(14)16(22)17(29-20)19(26)24-10-3-4-12-13(7-10)28-6-5-27-12/h3-4,7,9H,5-6,22H2,1-2H3,(H2,23,25)(H,24,26). The van der Waals surface area contributed by atoms with Crippen molar-refractivity contribution < 1.29 is 14.3 Å². The Morgan fingerprint density at radius 2 is 2.00 bits per heavy atom. The molecular weight excluding hydrogens is 390 g/mol. The first-order chi connectivity index (χ1) is 13.9. The molecule has 0 fully saturated rings. The van der Waals surface area contributed by atoms with E-state index in [1.54, 1.807) is 18.2 Å². The molecule has 0 unspecified atom stereocenters. The molecule has 0 spiro atoms. The number of benzene rings is 1. The third-order valence-electron chi connectivity index (χ3n) is 4.64. The summed E-state index contributed by atoms with van der Waals surface area (Å²) in [7, 11) is 0. The highest BCUT2D eigenvalue weighted by Crippen LogP contribution is 2.41. The van der Waals surface area contributed by atoms with Crippen LogP contribution in [0.5, 0.6) is 11.5 Å². The summed E-state index contributed by atoms with van der Waals surface area (Å²) in [5.74, 6) is 0.982. The molecule has 5 N–H and O–H groups in total. The van der Waals surface area contributed by atoms with E-state index in [-0.39, 0.29) is 17.6 Å². The third-order valence-corrected chi connectivity index (χ3v) is 5.74. The van der Waals surface area contributed by atoms with Crippen LogP contribution in [0.2, 0.25) is 0 Å². The SMILES string of the molecule is CC(C)c1c(C#N)c(N)nc2sc(C(=O)Nc3ccc4c(c3)OCCO4)c(N)c12. The molecule has 148 valence electrons. The molecular formula is C20H19N5O3S. The van der Waals surface area contributed by atoms with Gasteiger partial charge in [-0.05, 0) is 23.6 Å². The van der Waals surface area contributed by atoms with Crippen LogP contribution in [0.15, 0.2) is 18.2 Å². The lowest BCUT2D eigenvalue weighted by atomic mass is 9.95. The summed E-state index contributed by atoms with van der Waals surface area (Å²) in [6, 6.07) is 7.30. The fourth-order valence-electron chi connectivity index (χ4n) is 3.37. The van der Waals surface area contributed by atoms with E-state index in [0.717, 1.165) is 11.3 Å². The third kappa shape index (κ3) is 3.17. The largest absolute Gasteiger partial charge is 0.486 e. The van der Waals surface area contributed by atoms with Crippen LogP contribution in [-0.2, 0) is 0 Å². The lowest BCUT2D eigenvalue weighted by Crippen LogP contribution is -2.16. The maximum Gasteiger partial charge on any atom is 0.267 e. The number of thiophene rings is 1. The van der Waals surface area contributed by atoms with E-state index in [2.05, 4.69) is 16.4 Å². The van der Waals surface area contributed by atoms with Gasteiger partial charge in [0.1, 0.15) is 34.8 Å². The molecule has 0 saturated heterocycles. The second-order valence-electron chi connectivity index (χ2n) is 6.89. The minimum Gasteiger partial charge on any atom is -0.486 e. The van der Waals surface area contributed by atoms with Crippen LogP contribution in [0.25, 0.3) is 10.2 Å². The van der Waals surface area contributed by atoms with Crippen molar-refractivity contribution in [1.82, 2.24) is 4.98 Å². The van der Waals surface area contributed by atoms with Gasteiger partial charge in [-0.2, -0.15) is 5.26 Å². The molecule has 1 aromatic carbocycles. The highest BCUT2D eigenvalue weighted by atomic mass is 32.1. The first-order valence-corrected chi connectivity index (χ1v) is 9.84. The quantitative estimate of drug-likeness (QED) is 0.602. The molecule has 2 aromatic heterocycles. The van der Waals surface area contributed by atoms with E-state index in [1.807, 2.05) is 13.8 Å². The number of hydrogen-bond donors (Lipinski definition) is 3. The Bertz CT molecular complexity index is 1180. The number of nitrogen functional groups attached to an aromatic ring is 2. The van der Waals surface area contributed by atoms with Gasteiger partial charge in [0, 0.05) is 17.1 Å². The lowest BCUT2D eigenvalue weighted by molar-refractivity contribution is 0.103. The Hall–Kier alpha value is -3.51. The van der Waals surface area contributed by atoms with Gasteiger partial charge in [0.2, 0.25) is 0 Å². The fraction of sp³-hybridized carbons (Fsp3) is 0.250. The molecule has 0 saturated carbocycles. The number of fused-ring (bicyclic) bond motifs is 2. The summed E-state index contributed by atoms with van der Waals surface area (Å²) in [5, 5.41) is 12.9. The van der Waals surface area contributed by atoms with Gasteiger partial charge in [0.15, 0.2) is 11.5 Å². The number of amides is 1. The lowest BCUT2D eigenvalue weighted by Gasteiger charge is -2.18. The zero-order valence-electron chi connectivity index (χ0n) is 15.9. The number of nitrogens with two attached hydrogens (primary N) is 2. The number of aromatic nitrogens is 1. The van der Waals surface area contributed by atoms with Gasteiger partial charge in [-0.15, -0.1) is 11.3 Å². The van der Waals surface area contributed by atoms with Gasteiger partial charge in [-0.1, -0.05) is 13.8 Å². The zero-order chi connectivity index (χ0) is 20.7. The van der Waals surface area contributed by atoms with E-state index >= 15 is 0 Å². The topological polar surface area (TPSA) is 136 Å². The number of carbonyl (C=O) groups is 1. The Morgan fingerprint density at radius 1 is 1.28 bits per heavy atom. The van der Waals surface area contributed by atoms with Crippen molar-refractivity contribution in [2.75, 3.05) is 30.0 Å². The van der Waals surface area contributed by atoms with Crippen molar-refractivity contribution >= 4 is 44.7 Å². The molecule has 29 heavy (non-hydrogen) atoms. The molecule has 0 atom stereocenters. The number of nitriles is 1. The molecule has 0 radical (unpaired) electrons. The van der Waals surface area contributed by atoms with Crippen LogP contribution in [-0.4, -0.2) is 24.1 Å². The highest BCUT2D eigenvalue weighted by molar-refractivity contribution is 7.21. The normalized spacial score (nSPS) is 12.8. The maximum atomic E-state index is 12.9. The molecule has 1 aliphatic rings. The first kappa shape index (κ1) is 18.8. The summed E-state index contributed by atoms with van der Waals surface area (Å²) < 4.78 is 11.0. The monoisotopic (exact) mass is 409 g/mol. The van der Waals surface area contributed by atoms with Gasteiger partial charge in [0.05, 0.1) is 11.3 Å². The fourth-order valence-corrected chi connectivity index (χ4v) is 4.39. The van der Waals surface area contributed by atoms with Crippen molar-refractivity contribution in [3.8, 4) is 17.6 Å². The summed E-state index contributed by atoms with van der Waals surface area (Å²) in [5.41, 5.74) is 14.2. The Kier molecular flexibility index (Phi) is 4.64. The first-order valence-electron chi connectivity index (χ1n) is 9.03. The smallest absolute Gasteiger partial charge is 0.267 e. The minimum atomic E-state index is -0.367. The van der Waals surface area contributed by atoms with Crippen LogP contribution in [0.4, 0.5) is 17.2 Å². The molecule has 9 heteroatoms. The molecule has 0 aliphatic carbocycles. The van der Waals surface area contributed by atoms with Crippen molar-refractivity contribution in [2.45, 2.75) is 19.8 Å². The van der Waals surface area contributed by atoms with Crippen molar-refractivity contribution in [3.05, 3.63) is 34.2 Å². The Balaban J connectivity index is 1.74. The Labute approximate surface area is 171 Å². The molecule has 0 bridgehead atoms. The molecule has 3 aromatic rings. The number of nitrogens with one attached hydrogen (secondary N) is 1. The van der Waals surface area contributed by atoms with E-state index in [4.69, 9.17) is 20.9 Å². The summed E-state index contributed by atoms with van der Waals surface area (Å²) >= 11 is 1.15. The summed E-state index contributed by atoms with van der Waals surface area (Å²) in [4.78, 5) is 18.1. The highest BCUT2D eigenvalue weighted by Gasteiger charge is 2.25. The number of pyridine rings is 1. The van der Waals surface area contributed by atoms with E-state index < -0.39 is 0 Å². The van der Waals surface area contributed by atoms with Crippen molar-refractivity contribution in [3.63, 3.8) is 0 Å². The van der Waals surface area contributed by atoms with Crippen LogP contribution in [0, 0.1) is 11.3 Å². The van der Waals surface area contributed by atoms with E-state index in [9.17, 15) is 10.1 Å². The average molecular weight is 409 g/mol. The number of rotatable bonds is 3. The zero-order valence-corrected chi connectivity index (χ0v) is 16.7. The van der Waals surface area contributed by atoms with Crippen LogP contribution < -0.4 is 26.3 Å². The van der Waals surface area contributed by atoms with Crippen molar-refractivity contribution in [2.24, 2.45) is 0 Å². The second-order valence-corrected chi connectivity index (χ2v) is 7.89. The van der Waals surface area contributed by atoms with Crippen LogP contribution in [0.3, 0.4) is 0 Å². The van der Waals surface area contributed by atoms with Gasteiger partial charge in [-0.25, -0.2) is 4.98 Å². The number of hydrogen-bond acceptors (Lipinski definition) is 8. The van der Waals surface area contributed by atoms with Crippen LogP contribution >= 0.6 is 11.3 Å². The van der Waals surface area contributed by atoms with Gasteiger partial charge >= 0.3 is 0 Å². The van der Waals surface area contributed by atoms with Crippen LogP contribution in [0.1, 0.15) is 40.6 Å². The molecule has 1 aliphatic heterocycles. The summed E-state index contributed by atoms with van der Waals surface area (Å²) in [6.07, 6.45) is 0. The minimum absolute atomic E-state index is 0.0111. The van der Waals surface area contributed by atoms with Gasteiger partial charge < -0.3 is 26.3 Å². The number of anilines is 3. The number of carbonyl (C=O) groups excluding carboxylic acids is 1. The summed E-state index contributed by atoms with van der Waals surface area (Å²) in [6.45, 7) is 4.85.